The molecule has 0 aliphatic carbocycles. The highest BCUT2D eigenvalue weighted by Gasteiger charge is 2.30. The maximum Gasteiger partial charge on any atom is 0.162 e. The predicted octanol–water partition coefficient (Wildman–Crippen LogP) is 5.45. The van der Waals surface area contributed by atoms with Gasteiger partial charge in [0.25, 0.3) is 0 Å². The molecule has 1 unspecified atom stereocenters. The van der Waals surface area contributed by atoms with Crippen molar-refractivity contribution in [1.29, 1.82) is 0 Å². The summed E-state index contributed by atoms with van der Waals surface area (Å²) in [6, 6.07) is 15.9. The van der Waals surface area contributed by atoms with Gasteiger partial charge in [-0.1, -0.05) is 42.8 Å². The number of hydrogen-bond acceptors (Lipinski definition) is 7. The van der Waals surface area contributed by atoms with Crippen molar-refractivity contribution >= 4 is 57.7 Å². The van der Waals surface area contributed by atoms with Crippen molar-refractivity contribution in [3.8, 4) is 0 Å². The average molecular weight is 436 g/mol. The zero-order valence-electron chi connectivity index (χ0n) is 16.1. The number of para-hydroxylation sites is 1. The van der Waals surface area contributed by atoms with Crippen LogP contribution in [0, 0.1) is 0 Å². The van der Waals surface area contributed by atoms with Gasteiger partial charge in [0.15, 0.2) is 11.5 Å². The lowest BCUT2D eigenvalue weighted by molar-refractivity contribution is 0.853. The normalized spacial score (nSPS) is 14.3. The lowest BCUT2D eigenvalue weighted by atomic mass is 10.1. The van der Waals surface area contributed by atoms with Crippen LogP contribution < -0.4 is 9.62 Å². The molecular weight excluding hydrogens is 418 g/mol. The highest BCUT2D eigenvalue weighted by molar-refractivity contribution is 8.01. The van der Waals surface area contributed by atoms with Crippen molar-refractivity contribution in [3.63, 3.8) is 0 Å². The first-order valence-corrected chi connectivity index (χ1v) is 10.7. The molecule has 2 aromatic heterocycles. The molecule has 2 aromatic carbocycles. The number of nitrogens with zero attached hydrogens (tertiary/aromatic N) is 5. The van der Waals surface area contributed by atoms with Crippen LogP contribution in [0.4, 0.5) is 17.2 Å². The van der Waals surface area contributed by atoms with E-state index >= 15 is 0 Å². The minimum Gasteiger partial charge on any atom is -0.358 e. The Balaban J connectivity index is 1.59. The number of nitrogens with one attached hydrogen (secondary N) is 2. The van der Waals surface area contributed by atoms with Gasteiger partial charge >= 0.3 is 0 Å². The molecule has 2 N–H and O–H groups in total. The Hall–Kier alpha value is -3.10. The molecule has 5 rings (SSSR count). The summed E-state index contributed by atoms with van der Waals surface area (Å²) in [4.78, 5) is 22.0. The molecule has 150 valence electrons. The van der Waals surface area contributed by atoms with Crippen LogP contribution >= 0.6 is 23.5 Å². The van der Waals surface area contributed by atoms with Crippen molar-refractivity contribution in [1.82, 2.24) is 19.9 Å². The van der Waals surface area contributed by atoms with E-state index in [0.717, 1.165) is 28.5 Å². The van der Waals surface area contributed by atoms with Crippen LogP contribution in [0.25, 0.3) is 11.2 Å². The summed E-state index contributed by atoms with van der Waals surface area (Å²) in [5.41, 5.74) is 3.29. The number of H-pyrrole nitrogens is 1. The fourth-order valence-corrected chi connectivity index (χ4v) is 4.64. The van der Waals surface area contributed by atoms with Crippen molar-refractivity contribution < 1.29 is 0 Å². The number of fused-ring (bicyclic) bond motifs is 2. The Labute approximate surface area is 182 Å². The molecule has 3 heterocycles. The van der Waals surface area contributed by atoms with Crippen LogP contribution in [0.3, 0.4) is 0 Å². The van der Waals surface area contributed by atoms with E-state index in [-0.39, 0.29) is 6.04 Å². The number of anilines is 2. The number of aromatic amines is 1. The van der Waals surface area contributed by atoms with Crippen LogP contribution in [0.2, 0.25) is 5.02 Å². The van der Waals surface area contributed by atoms with Gasteiger partial charge in [-0.3, -0.25) is 4.31 Å². The standard InChI is InChI=1S/C21H18ClN7S/c1-2-15(27-20-17-19(24-11-23-17)25-12-26-20)21-28-16-10-6-9-14(22)18(16)30-29(21)13-7-4-3-5-8-13/h3-12,15H,2H2,1H3,(H2,23,24,25,26,27). The quantitative estimate of drug-likeness (QED) is 0.405. The molecule has 0 fully saturated rings. The molecule has 30 heavy (non-hydrogen) atoms. The van der Waals surface area contributed by atoms with Crippen molar-refractivity contribution in [2.45, 2.75) is 24.3 Å². The molecule has 4 aromatic rings. The molecule has 9 heteroatoms. The highest BCUT2D eigenvalue weighted by atomic mass is 35.5. The molecule has 0 radical (unpaired) electrons. The van der Waals surface area contributed by atoms with Gasteiger partial charge in [0.05, 0.1) is 33.7 Å². The van der Waals surface area contributed by atoms with Crippen LogP contribution in [0.1, 0.15) is 13.3 Å². The Kier molecular flexibility index (Phi) is 5.02. The van der Waals surface area contributed by atoms with Crippen LogP contribution in [-0.4, -0.2) is 31.8 Å². The Morgan fingerprint density at radius 1 is 1.10 bits per heavy atom. The minimum atomic E-state index is -0.0976. The maximum absolute atomic E-state index is 6.48. The molecule has 0 spiro atoms. The van der Waals surface area contributed by atoms with Gasteiger partial charge in [0, 0.05) is 0 Å². The second-order valence-corrected chi connectivity index (χ2v) is 8.07. The van der Waals surface area contributed by atoms with Gasteiger partial charge in [0.1, 0.15) is 17.7 Å². The first-order valence-electron chi connectivity index (χ1n) is 9.55. The SMILES string of the molecule is CCC(Nc1ncnc2[nH]cnc12)C1=Nc2cccc(Cl)c2SN1c1ccccc1. The molecule has 0 bridgehead atoms. The number of aliphatic imine (C=N–C) groups is 1. The first kappa shape index (κ1) is 18.9. The van der Waals surface area contributed by atoms with Gasteiger partial charge in [-0.25, -0.2) is 19.9 Å². The molecule has 0 saturated heterocycles. The number of imidazole rings is 1. The first-order chi connectivity index (χ1) is 14.7. The van der Waals surface area contributed by atoms with Gasteiger partial charge in [-0.2, -0.15) is 0 Å². The molecule has 1 atom stereocenters. The fourth-order valence-electron chi connectivity index (χ4n) is 3.34. The minimum absolute atomic E-state index is 0.0976. The molecule has 7 nitrogen and oxygen atoms in total. The Bertz CT molecular complexity index is 1220. The van der Waals surface area contributed by atoms with Gasteiger partial charge in [0.2, 0.25) is 0 Å². The predicted molar refractivity (Wildman–Crippen MR) is 123 cm³/mol. The van der Waals surface area contributed by atoms with E-state index in [4.69, 9.17) is 16.6 Å². The third kappa shape index (κ3) is 3.38. The monoisotopic (exact) mass is 435 g/mol. The number of amidine groups is 1. The van der Waals surface area contributed by atoms with Crippen molar-refractivity contribution in [3.05, 3.63) is 66.2 Å². The zero-order chi connectivity index (χ0) is 20.5. The third-order valence-electron chi connectivity index (χ3n) is 4.81. The molecule has 0 saturated carbocycles. The maximum atomic E-state index is 6.48. The van der Waals surface area contributed by atoms with E-state index in [1.54, 1.807) is 18.3 Å². The number of hydrogen-bond donors (Lipinski definition) is 2. The summed E-state index contributed by atoms with van der Waals surface area (Å²) >= 11 is 8.06. The Morgan fingerprint density at radius 3 is 2.80 bits per heavy atom. The smallest absolute Gasteiger partial charge is 0.162 e. The zero-order valence-corrected chi connectivity index (χ0v) is 17.7. The second-order valence-electron chi connectivity index (χ2n) is 6.71. The van der Waals surface area contributed by atoms with Crippen LogP contribution in [-0.2, 0) is 0 Å². The molecule has 1 aliphatic heterocycles. The number of rotatable bonds is 5. The highest BCUT2D eigenvalue weighted by Crippen LogP contribution is 2.44. The summed E-state index contributed by atoms with van der Waals surface area (Å²) in [5, 5.41) is 4.21. The summed E-state index contributed by atoms with van der Waals surface area (Å²) in [7, 11) is 0. The van der Waals surface area contributed by atoms with Crippen LogP contribution in [0.15, 0.2) is 71.1 Å². The molecule has 0 amide bonds. The largest absolute Gasteiger partial charge is 0.358 e. The third-order valence-corrected chi connectivity index (χ3v) is 6.43. The number of aromatic nitrogens is 4. The van der Waals surface area contributed by atoms with Crippen LogP contribution in [0.5, 0.6) is 0 Å². The van der Waals surface area contributed by atoms with Crippen molar-refractivity contribution in [2.75, 3.05) is 9.62 Å². The van der Waals surface area contributed by atoms with E-state index in [0.29, 0.717) is 22.0 Å². The summed E-state index contributed by atoms with van der Waals surface area (Å²) in [5.74, 6) is 1.55. The van der Waals surface area contributed by atoms with E-state index in [1.165, 1.54) is 6.33 Å². The van der Waals surface area contributed by atoms with Gasteiger partial charge in [-0.05, 0) is 42.6 Å². The van der Waals surface area contributed by atoms with E-state index in [2.05, 4.69) is 48.6 Å². The Morgan fingerprint density at radius 2 is 1.97 bits per heavy atom. The van der Waals surface area contributed by atoms with E-state index < -0.39 is 0 Å². The van der Waals surface area contributed by atoms with Crippen molar-refractivity contribution in [2.24, 2.45) is 4.99 Å². The van der Waals surface area contributed by atoms with Gasteiger partial charge < -0.3 is 10.3 Å². The van der Waals surface area contributed by atoms with Gasteiger partial charge in [-0.15, -0.1) is 0 Å². The van der Waals surface area contributed by atoms with E-state index in [9.17, 15) is 0 Å². The molecule has 1 aliphatic rings. The average Bonchev–Trinajstić information content (AvgIpc) is 3.27. The lowest BCUT2D eigenvalue weighted by Crippen LogP contribution is -2.40. The summed E-state index contributed by atoms with van der Waals surface area (Å²) in [6.45, 7) is 2.12. The summed E-state index contributed by atoms with van der Waals surface area (Å²) in [6.07, 6.45) is 3.94. The number of benzene rings is 2. The number of halogens is 1. The summed E-state index contributed by atoms with van der Waals surface area (Å²) < 4.78 is 2.12. The topological polar surface area (TPSA) is 82.1 Å². The molecular formula is C21H18ClN7S. The van der Waals surface area contributed by atoms with E-state index in [1.807, 2.05) is 36.4 Å². The lowest BCUT2D eigenvalue weighted by Gasteiger charge is -2.33. The fraction of sp³-hybridized carbons (Fsp3) is 0.143. The second kappa shape index (κ2) is 7.97.